The highest BCUT2D eigenvalue weighted by Crippen LogP contribution is 2.27. The minimum atomic E-state index is -0.0641. The van der Waals surface area contributed by atoms with Gasteiger partial charge in [-0.1, -0.05) is 17.3 Å². The first-order valence-corrected chi connectivity index (χ1v) is 5.89. The zero-order chi connectivity index (χ0) is 13.2. The van der Waals surface area contributed by atoms with E-state index in [1.165, 1.54) is 0 Å². The summed E-state index contributed by atoms with van der Waals surface area (Å²) in [5, 5.41) is 18.2. The van der Waals surface area contributed by atoms with Crippen molar-refractivity contribution in [1.82, 2.24) is 25.6 Å². The number of rotatable bonds is 3. The summed E-state index contributed by atoms with van der Waals surface area (Å²) in [6, 6.07) is 7.55. The van der Waals surface area contributed by atoms with Gasteiger partial charge in [-0.2, -0.15) is 5.21 Å². The molecular weight excluding hydrogens is 242 g/mol. The highest BCUT2D eigenvalue weighted by molar-refractivity contribution is 5.97. The molecule has 96 valence electrons. The Morgan fingerprint density at radius 3 is 3.00 bits per heavy atom. The van der Waals surface area contributed by atoms with Gasteiger partial charge in [-0.25, -0.2) is 0 Å². The summed E-state index contributed by atoms with van der Waals surface area (Å²) in [7, 11) is 0. The lowest BCUT2D eigenvalue weighted by molar-refractivity contribution is 0.794. The number of nitrogen functional groups attached to an aromatic ring is 1. The number of pyridine rings is 1. The monoisotopic (exact) mass is 255 g/mol. The summed E-state index contributed by atoms with van der Waals surface area (Å²) >= 11 is 0. The maximum Gasteiger partial charge on any atom is 0.196 e. The predicted octanol–water partition coefficient (Wildman–Crippen LogP) is 1.50. The fourth-order valence-corrected chi connectivity index (χ4v) is 1.98. The molecule has 1 atom stereocenters. The Labute approximate surface area is 109 Å². The topological polar surface area (TPSA) is 105 Å². The number of H-pyrrole nitrogens is 1. The molecule has 7 heteroatoms. The van der Waals surface area contributed by atoms with Crippen LogP contribution in [0.3, 0.4) is 0 Å². The van der Waals surface area contributed by atoms with E-state index in [9.17, 15) is 0 Å². The molecule has 19 heavy (non-hydrogen) atoms. The van der Waals surface area contributed by atoms with E-state index in [1.54, 1.807) is 6.20 Å². The number of tetrazole rings is 1. The third kappa shape index (κ3) is 2.05. The van der Waals surface area contributed by atoms with Crippen molar-refractivity contribution in [1.29, 1.82) is 0 Å². The lowest BCUT2D eigenvalue weighted by Gasteiger charge is -2.14. The molecular formula is C12H13N7. The predicted molar refractivity (Wildman–Crippen MR) is 72.4 cm³/mol. The second-order valence-electron chi connectivity index (χ2n) is 4.24. The van der Waals surface area contributed by atoms with E-state index in [-0.39, 0.29) is 6.04 Å². The molecule has 0 fully saturated rings. The van der Waals surface area contributed by atoms with E-state index in [0.29, 0.717) is 11.5 Å². The van der Waals surface area contributed by atoms with Gasteiger partial charge in [0.2, 0.25) is 0 Å². The smallest absolute Gasteiger partial charge is 0.196 e. The molecule has 1 unspecified atom stereocenters. The van der Waals surface area contributed by atoms with Crippen molar-refractivity contribution in [3.05, 3.63) is 36.3 Å². The molecule has 2 aromatic heterocycles. The Morgan fingerprint density at radius 1 is 1.32 bits per heavy atom. The summed E-state index contributed by atoms with van der Waals surface area (Å²) < 4.78 is 0. The minimum absolute atomic E-state index is 0.0641. The summed E-state index contributed by atoms with van der Waals surface area (Å²) in [6.45, 7) is 1.96. The van der Waals surface area contributed by atoms with Gasteiger partial charge in [0.1, 0.15) is 0 Å². The number of fused-ring (bicyclic) bond motifs is 1. The van der Waals surface area contributed by atoms with Crippen molar-refractivity contribution in [2.45, 2.75) is 13.0 Å². The van der Waals surface area contributed by atoms with Crippen molar-refractivity contribution in [3.63, 3.8) is 0 Å². The van der Waals surface area contributed by atoms with Gasteiger partial charge in [-0.05, 0) is 19.1 Å². The van der Waals surface area contributed by atoms with Gasteiger partial charge in [-0.15, -0.1) is 10.2 Å². The van der Waals surface area contributed by atoms with E-state index in [0.717, 1.165) is 16.6 Å². The van der Waals surface area contributed by atoms with Crippen LogP contribution in [0.5, 0.6) is 0 Å². The van der Waals surface area contributed by atoms with Crippen LogP contribution in [0.1, 0.15) is 18.8 Å². The van der Waals surface area contributed by atoms with E-state index >= 15 is 0 Å². The highest BCUT2D eigenvalue weighted by Gasteiger charge is 2.12. The van der Waals surface area contributed by atoms with E-state index in [1.807, 2.05) is 31.2 Å². The number of hydrogen-bond acceptors (Lipinski definition) is 6. The van der Waals surface area contributed by atoms with E-state index in [4.69, 9.17) is 5.73 Å². The molecule has 0 amide bonds. The van der Waals surface area contributed by atoms with Crippen LogP contribution in [-0.2, 0) is 0 Å². The van der Waals surface area contributed by atoms with Crippen LogP contribution in [0.25, 0.3) is 10.9 Å². The molecule has 0 aliphatic carbocycles. The van der Waals surface area contributed by atoms with Gasteiger partial charge in [0, 0.05) is 17.3 Å². The number of hydrogen-bond donors (Lipinski definition) is 3. The third-order valence-electron chi connectivity index (χ3n) is 2.92. The van der Waals surface area contributed by atoms with Crippen LogP contribution in [0.15, 0.2) is 30.5 Å². The zero-order valence-corrected chi connectivity index (χ0v) is 10.3. The van der Waals surface area contributed by atoms with Crippen LogP contribution in [0.4, 0.5) is 11.4 Å². The van der Waals surface area contributed by atoms with Gasteiger partial charge >= 0.3 is 0 Å². The SMILES string of the molecule is CC(Nc1ccnc2c(N)cccc12)c1nn[nH]n1. The number of anilines is 2. The second kappa shape index (κ2) is 4.52. The molecule has 0 spiro atoms. The summed E-state index contributed by atoms with van der Waals surface area (Å²) in [5.74, 6) is 0.605. The number of aromatic nitrogens is 5. The number of nitrogens with one attached hydrogen (secondary N) is 2. The molecule has 3 rings (SSSR count). The highest BCUT2D eigenvalue weighted by atomic mass is 15.5. The fraction of sp³-hybridized carbons (Fsp3) is 0.167. The number of para-hydroxylation sites is 1. The average molecular weight is 255 g/mol. The number of nitrogens with two attached hydrogens (primary N) is 1. The van der Waals surface area contributed by atoms with Gasteiger partial charge in [0.25, 0.3) is 0 Å². The molecule has 0 saturated carbocycles. The van der Waals surface area contributed by atoms with Crippen LogP contribution in [-0.4, -0.2) is 25.6 Å². The Hall–Kier alpha value is -2.70. The van der Waals surface area contributed by atoms with E-state index in [2.05, 4.69) is 30.9 Å². The van der Waals surface area contributed by atoms with Gasteiger partial charge in [0.05, 0.1) is 17.2 Å². The standard InChI is InChI=1S/C12H13N7/c1-7(12-16-18-19-17-12)15-10-5-6-14-11-8(10)3-2-4-9(11)13/h2-7H,13H2,1H3,(H,14,15)(H,16,17,18,19). The zero-order valence-electron chi connectivity index (χ0n) is 10.3. The van der Waals surface area contributed by atoms with Crippen molar-refractivity contribution in [3.8, 4) is 0 Å². The molecule has 0 bridgehead atoms. The number of nitrogens with zero attached hydrogens (tertiary/aromatic N) is 4. The number of benzene rings is 1. The van der Waals surface area contributed by atoms with E-state index < -0.39 is 0 Å². The third-order valence-corrected chi connectivity index (χ3v) is 2.92. The largest absolute Gasteiger partial charge is 0.397 e. The normalized spacial score (nSPS) is 12.5. The van der Waals surface area contributed by atoms with Crippen LogP contribution in [0, 0.1) is 0 Å². The summed E-state index contributed by atoms with van der Waals surface area (Å²) in [5.41, 5.74) is 8.31. The summed E-state index contributed by atoms with van der Waals surface area (Å²) in [6.07, 6.45) is 1.73. The first-order chi connectivity index (χ1) is 9.25. The van der Waals surface area contributed by atoms with Crippen molar-refractivity contribution in [2.24, 2.45) is 0 Å². The van der Waals surface area contributed by atoms with Crippen LogP contribution >= 0.6 is 0 Å². The van der Waals surface area contributed by atoms with Crippen LogP contribution in [0.2, 0.25) is 0 Å². The minimum Gasteiger partial charge on any atom is -0.397 e. The van der Waals surface area contributed by atoms with Crippen molar-refractivity contribution >= 4 is 22.3 Å². The number of aromatic amines is 1. The average Bonchev–Trinajstić information content (AvgIpc) is 2.94. The molecule has 0 radical (unpaired) electrons. The summed E-state index contributed by atoms with van der Waals surface area (Å²) in [4.78, 5) is 4.30. The van der Waals surface area contributed by atoms with Crippen molar-refractivity contribution < 1.29 is 0 Å². The van der Waals surface area contributed by atoms with Crippen LogP contribution < -0.4 is 11.1 Å². The Bertz CT molecular complexity index is 692. The van der Waals surface area contributed by atoms with Gasteiger partial charge < -0.3 is 11.1 Å². The molecule has 0 saturated heterocycles. The lowest BCUT2D eigenvalue weighted by atomic mass is 10.1. The molecule has 2 heterocycles. The van der Waals surface area contributed by atoms with Crippen molar-refractivity contribution in [2.75, 3.05) is 11.1 Å². The molecule has 7 nitrogen and oxygen atoms in total. The lowest BCUT2D eigenvalue weighted by Crippen LogP contribution is -2.09. The maximum atomic E-state index is 5.92. The first-order valence-electron chi connectivity index (χ1n) is 5.89. The Balaban J connectivity index is 1.99. The van der Waals surface area contributed by atoms with Gasteiger partial charge in [-0.3, -0.25) is 4.98 Å². The molecule has 0 aliphatic heterocycles. The first kappa shape index (κ1) is 11.4. The fourth-order valence-electron chi connectivity index (χ4n) is 1.98. The molecule has 0 aliphatic rings. The Morgan fingerprint density at radius 2 is 2.21 bits per heavy atom. The molecule has 4 N–H and O–H groups in total. The molecule has 3 aromatic rings. The van der Waals surface area contributed by atoms with Gasteiger partial charge in [0.15, 0.2) is 5.82 Å². The second-order valence-corrected chi connectivity index (χ2v) is 4.24. The molecule has 1 aromatic carbocycles. The quantitative estimate of drug-likeness (QED) is 0.612. The maximum absolute atomic E-state index is 5.92. The Kier molecular flexibility index (Phi) is 2.71.